The SMILES string of the molecule is CC[Si](CC)(CC)N1C(C)=C(C)N([Si](CC)(CC)CC)C(C)=C1C. The Balaban J connectivity index is 3.58. The van der Waals surface area contributed by atoms with Crippen LogP contribution in [0.5, 0.6) is 0 Å². The van der Waals surface area contributed by atoms with Gasteiger partial charge >= 0.3 is 0 Å². The van der Waals surface area contributed by atoms with Gasteiger partial charge in [0.15, 0.2) is 16.5 Å². The van der Waals surface area contributed by atoms with E-state index < -0.39 is 16.5 Å². The monoisotopic (exact) mass is 366 g/mol. The molecule has 0 aromatic heterocycles. The molecule has 1 heterocycles. The summed E-state index contributed by atoms with van der Waals surface area (Å²) in [6, 6.07) is 8.04. The van der Waals surface area contributed by atoms with Gasteiger partial charge in [-0.3, -0.25) is 0 Å². The zero-order valence-electron chi connectivity index (χ0n) is 18.1. The first-order chi connectivity index (χ1) is 11.3. The molecule has 0 saturated heterocycles. The molecule has 0 atom stereocenters. The van der Waals surface area contributed by atoms with Gasteiger partial charge in [-0.2, -0.15) is 0 Å². The fourth-order valence-electron chi connectivity index (χ4n) is 5.02. The highest BCUT2D eigenvalue weighted by Crippen LogP contribution is 2.43. The second-order valence-electron chi connectivity index (χ2n) is 7.58. The molecule has 24 heavy (non-hydrogen) atoms. The summed E-state index contributed by atoms with van der Waals surface area (Å²) in [5, 5.41) is 0. The molecule has 0 unspecified atom stereocenters. The van der Waals surface area contributed by atoms with Crippen LogP contribution in [0.4, 0.5) is 0 Å². The maximum Gasteiger partial charge on any atom is 0.161 e. The van der Waals surface area contributed by atoms with Crippen LogP contribution in [0.15, 0.2) is 22.8 Å². The van der Waals surface area contributed by atoms with E-state index in [1.165, 1.54) is 36.3 Å². The van der Waals surface area contributed by atoms with E-state index >= 15 is 0 Å². The van der Waals surface area contributed by atoms with Crippen molar-refractivity contribution in [3.05, 3.63) is 22.8 Å². The number of nitrogens with zero attached hydrogens (tertiary/aromatic N) is 2. The number of allylic oxidation sites excluding steroid dienone is 4. The van der Waals surface area contributed by atoms with Crippen molar-refractivity contribution < 1.29 is 0 Å². The zero-order valence-corrected chi connectivity index (χ0v) is 20.1. The average Bonchev–Trinajstić information content (AvgIpc) is 2.61. The van der Waals surface area contributed by atoms with Crippen molar-refractivity contribution in [2.45, 2.75) is 106 Å². The van der Waals surface area contributed by atoms with Crippen LogP contribution in [-0.4, -0.2) is 25.6 Å². The summed E-state index contributed by atoms with van der Waals surface area (Å²) in [6.45, 7) is 24.1. The van der Waals surface area contributed by atoms with Crippen molar-refractivity contribution in [1.82, 2.24) is 9.13 Å². The van der Waals surface area contributed by atoms with E-state index in [9.17, 15) is 0 Å². The molecule has 0 aliphatic carbocycles. The van der Waals surface area contributed by atoms with Crippen molar-refractivity contribution >= 4 is 16.5 Å². The Morgan fingerprint density at radius 2 is 0.625 bits per heavy atom. The average molecular weight is 367 g/mol. The number of hydrogen-bond acceptors (Lipinski definition) is 2. The van der Waals surface area contributed by atoms with E-state index in [4.69, 9.17) is 0 Å². The molecule has 1 rings (SSSR count). The lowest BCUT2D eigenvalue weighted by atomic mass is 10.2. The Hall–Kier alpha value is -0.486. The first-order valence-corrected chi connectivity index (χ1v) is 15.3. The maximum absolute atomic E-state index is 2.83. The van der Waals surface area contributed by atoms with E-state index in [0.717, 1.165) is 0 Å². The summed E-state index contributed by atoms with van der Waals surface area (Å²) in [4.78, 5) is 0. The van der Waals surface area contributed by atoms with Gasteiger partial charge in [-0.05, 0) is 64.0 Å². The molecule has 0 bridgehead atoms. The molecule has 0 amide bonds. The van der Waals surface area contributed by atoms with Crippen molar-refractivity contribution in [1.29, 1.82) is 0 Å². The highest BCUT2D eigenvalue weighted by Gasteiger charge is 2.44. The topological polar surface area (TPSA) is 6.48 Å². The third-order valence-corrected chi connectivity index (χ3v) is 18.4. The van der Waals surface area contributed by atoms with Gasteiger partial charge in [-0.15, -0.1) is 0 Å². The second-order valence-corrected chi connectivity index (χ2v) is 17.6. The molecular formula is C20H42N2Si2. The lowest BCUT2D eigenvalue weighted by molar-refractivity contribution is 0.473. The molecular weight excluding hydrogens is 324 g/mol. The van der Waals surface area contributed by atoms with Gasteiger partial charge in [0.2, 0.25) is 0 Å². The summed E-state index contributed by atoms with van der Waals surface area (Å²) in [6.07, 6.45) is 0. The van der Waals surface area contributed by atoms with Gasteiger partial charge in [0.05, 0.1) is 0 Å². The maximum atomic E-state index is 2.83. The standard InChI is InChI=1S/C20H42N2Si2/c1-11-23(12-2,13-3)21-17(7)19(9)22(20(10)18(21)8)24(14-4,15-5)16-6/h11-16H2,1-10H3. The van der Waals surface area contributed by atoms with Crippen LogP contribution in [0.2, 0.25) is 36.3 Å². The molecule has 2 nitrogen and oxygen atoms in total. The minimum atomic E-state index is -1.44. The predicted octanol–water partition coefficient (Wildman–Crippen LogP) is 7.12. The highest BCUT2D eigenvalue weighted by molar-refractivity contribution is 6.78. The second kappa shape index (κ2) is 8.26. The first kappa shape index (κ1) is 21.6. The Morgan fingerprint density at radius 1 is 0.458 bits per heavy atom. The quantitative estimate of drug-likeness (QED) is 0.422. The van der Waals surface area contributed by atoms with Crippen molar-refractivity contribution in [2.24, 2.45) is 0 Å². The van der Waals surface area contributed by atoms with Gasteiger partial charge in [-0.1, -0.05) is 41.5 Å². The van der Waals surface area contributed by atoms with Crippen LogP contribution < -0.4 is 0 Å². The molecule has 0 aromatic rings. The van der Waals surface area contributed by atoms with Crippen LogP contribution in [0, 0.1) is 0 Å². The minimum Gasteiger partial charge on any atom is -0.373 e. The fraction of sp³-hybridized carbons (Fsp3) is 0.800. The summed E-state index contributed by atoms with van der Waals surface area (Å²) >= 11 is 0. The lowest BCUT2D eigenvalue weighted by Crippen LogP contribution is -2.57. The van der Waals surface area contributed by atoms with Gasteiger partial charge < -0.3 is 9.13 Å². The van der Waals surface area contributed by atoms with Gasteiger partial charge in [-0.25, -0.2) is 0 Å². The minimum absolute atomic E-state index is 1.34. The van der Waals surface area contributed by atoms with E-state index in [2.05, 4.69) is 78.4 Å². The third-order valence-electron chi connectivity index (χ3n) is 7.29. The van der Waals surface area contributed by atoms with E-state index in [1.54, 1.807) is 22.8 Å². The van der Waals surface area contributed by atoms with Crippen LogP contribution in [-0.2, 0) is 0 Å². The molecule has 0 radical (unpaired) electrons. The molecule has 1 aliphatic heterocycles. The van der Waals surface area contributed by atoms with E-state index in [1.807, 2.05) is 0 Å². The molecule has 0 saturated carbocycles. The Bertz CT molecular complexity index is 413. The summed E-state index contributed by atoms with van der Waals surface area (Å²) < 4.78 is 5.66. The van der Waals surface area contributed by atoms with Crippen molar-refractivity contribution in [3.63, 3.8) is 0 Å². The molecule has 140 valence electrons. The van der Waals surface area contributed by atoms with Gasteiger partial charge in [0.25, 0.3) is 0 Å². The first-order valence-electron chi connectivity index (χ1n) is 10.2. The van der Waals surface area contributed by atoms with E-state index in [0.29, 0.717) is 0 Å². The van der Waals surface area contributed by atoms with Crippen LogP contribution in [0.25, 0.3) is 0 Å². The van der Waals surface area contributed by atoms with Gasteiger partial charge in [0, 0.05) is 22.8 Å². The molecule has 0 N–H and O–H groups in total. The van der Waals surface area contributed by atoms with Crippen LogP contribution >= 0.6 is 0 Å². The highest BCUT2D eigenvalue weighted by atomic mass is 28.3. The molecule has 1 aliphatic rings. The van der Waals surface area contributed by atoms with Crippen LogP contribution in [0.1, 0.15) is 69.2 Å². The lowest BCUT2D eigenvalue weighted by Gasteiger charge is -2.54. The normalized spacial score (nSPS) is 17.2. The Labute approximate surface area is 154 Å². The van der Waals surface area contributed by atoms with Crippen molar-refractivity contribution in [2.75, 3.05) is 0 Å². The summed E-state index contributed by atoms with van der Waals surface area (Å²) in [7, 11) is -2.88. The largest absolute Gasteiger partial charge is 0.373 e. The van der Waals surface area contributed by atoms with Crippen LogP contribution in [0.3, 0.4) is 0 Å². The predicted molar refractivity (Wildman–Crippen MR) is 115 cm³/mol. The number of hydrogen-bond donors (Lipinski definition) is 0. The Kier molecular flexibility index (Phi) is 7.42. The van der Waals surface area contributed by atoms with Gasteiger partial charge in [0.1, 0.15) is 0 Å². The fourth-order valence-corrected chi connectivity index (χ4v) is 13.4. The third kappa shape index (κ3) is 3.16. The molecule has 4 heteroatoms. The Morgan fingerprint density at radius 3 is 0.750 bits per heavy atom. The van der Waals surface area contributed by atoms with E-state index in [-0.39, 0.29) is 0 Å². The summed E-state index contributed by atoms with van der Waals surface area (Å²) in [5.74, 6) is 0. The zero-order chi connectivity index (χ0) is 18.7. The molecule has 0 fully saturated rings. The molecule has 0 spiro atoms. The van der Waals surface area contributed by atoms with Crippen molar-refractivity contribution in [3.8, 4) is 0 Å². The number of rotatable bonds is 8. The summed E-state index contributed by atoms with van der Waals surface area (Å²) in [5.41, 5.74) is 6.18. The molecule has 0 aromatic carbocycles. The smallest absolute Gasteiger partial charge is 0.161 e.